The third-order valence-corrected chi connectivity index (χ3v) is 6.71. The summed E-state index contributed by atoms with van der Waals surface area (Å²) in [7, 11) is -3.31. The molecule has 2 fully saturated rings. The summed E-state index contributed by atoms with van der Waals surface area (Å²) in [6.45, 7) is 2.57. The van der Waals surface area contributed by atoms with Gasteiger partial charge in [0.15, 0.2) is 0 Å². The van der Waals surface area contributed by atoms with Crippen molar-refractivity contribution in [3.63, 3.8) is 0 Å². The van der Waals surface area contributed by atoms with Crippen LogP contribution in [0, 0.1) is 12.8 Å². The maximum absolute atomic E-state index is 12.8. The van der Waals surface area contributed by atoms with Crippen molar-refractivity contribution in [1.29, 1.82) is 0 Å². The second-order valence-corrected chi connectivity index (χ2v) is 7.64. The SMILES string of the molecule is Cc1ccccc1S(=O)(=O)N1CCCC1C1CCC1. The maximum Gasteiger partial charge on any atom is 0.243 e. The fourth-order valence-corrected chi connectivity index (χ4v) is 5.31. The molecule has 1 unspecified atom stereocenters. The maximum atomic E-state index is 12.8. The molecule has 0 spiro atoms. The van der Waals surface area contributed by atoms with Crippen LogP contribution in [0.4, 0.5) is 0 Å². The predicted octanol–water partition coefficient (Wildman–Crippen LogP) is 2.95. The molecule has 0 aromatic heterocycles. The minimum Gasteiger partial charge on any atom is -0.207 e. The lowest BCUT2D eigenvalue weighted by molar-refractivity contribution is 0.191. The Bertz CT molecular complexity index is 563. The highest BCUT2D eigenvalue weighted by atomic mass is 32.2. The van der Waals surface area contributed by atoms with E-state index in [-0.39, 0.29) is 6.04 Å². The number of hydrogen-bond acceptors (Lipinski definition) is 2. The van der Waals surface area contributed by atoms with Crippen molar-refractivity contribution < 1.29 is 8.42 Å². The number of nitrogens with zero attached hydrogens (tertiary/aromatic N) is 1. The molecule has 3 nitrogen and oxygen atoms in total. The number of hydrogen-bond donors (Lipinski definition) is 0. The third kappa shape index (κ3) is 2.21. The number of sulfonamides is 1. The molecule has 4 heteroatoms. The highest BCUT2D eigenvalue weighted by Gasteiger charge is 2.41. The first-order valence-electron chi connectivity index (χ1n) is 7.18. The first kappa shape index (κ1) is 13.1. The molecular formula is C15H21NO2S. The van der Waals surface area contributed by atoms with E-state index in [9.17, 15) is 8.42 Å². The Morgan fingerprint density at radius 2 is 1.84 bits per heavy atom. The van der Waals surface area contributed by atoms with E-state index in [1.807, 2.05) is 25.1 Å². The molecule has 1 aliphatic carbocycles. The number of rotatable bonds is 3. The van der Waals surface area contributed by atoms with Crippen LogP contribution in [0.25, 0.3) is 0 Å². The Morgan fingerprint density at radius 1 is 1.11 bits per heavy atom. The Labute approximate surface area is 115 Å². The number of aryl methyl sites for hydroxylation is 1. The van der Waals surface area contributed by atoms with Crippen LogP contribution < -0.4 is 0 Å². The van der Waals surface area contributed by atoms with Gasteiger partial charge in [-0.2, -0.15) is 4.31 Å². The van der Waals surface area contributed by atoms with Crippen LogP contribution in [0.3, 0.4) is 0 Å². The Kier molecular flexibility index (Phi) is 3.39. The van der Waals surface area contributed by atoms with Gasteiger partial charge in [-0.05, 0) is 50.2 Å². The third-order valence-electron chi connectivity index (χ3n) is 4.62. The summed E-state index contributed by atoms with van der Waals surface area (Å²) >= 11 is 0. The lowest BCUT2D eigenvalue weighted by Gasteiger charge is -2.36. The first-order valence-corrected chi connectivity index (χ1v) is 8.62. The van der Waals surface area contributed by atoms with E-state index < -0.39 is 10.0 Å². The summed E-state index contributed by atoms with van der Waals surface area (Å²) in [5, 5.41) is 0. The van der Waals surface area contributed by atoms with Crippen molar-refractivity contribution in [2.45, 2.75) is 50.0 Å². The summed E-state index contributed by atoms with van der Waals surface area (Å²) in [6.07, 6.45) is 5.70. The zero-order valence-electron chi connectivity index (χ0n) is 11.4. The average molecular weight is 279 g/mol. The van der Waals surface area contributed by atoms with Gasteiger partial charge in [-0.25, -0.2) is 8.42 Å². The predicted molar refractivity (Wildman–Crippen MR) is 75.4 cm³/mol. The van der Waals surface area contributed by atoms with Crippen LogP contribution in [0.1, 0.15) is 37.7 Å². The van der Waals surface area contributed by atoms with Crippen molar-refractivity contribution in [3.05, 3.63) is 29.8 Å². The van der Waals surface area contributed by atoms with Crippen molar-refractivity contribution in [2.75, 3.05) is 6.54 Å². The quantitative estimate of drug-likeness (QED) is 0.853. The summed E-state index contributed by atoms with van der Waals surface area (Å²) in [6, 6.07) is 7.57. The van der Waals surface area contributed by atoms with Crippen molar-refractivity contribution >= 4 is 10.0 Å². The summed E-state index contributed by atoms with van der Waals surface area (Å²) in [5.74, 6) is 0.598. The second kappa shape index (κ2) is 4.91. The monoisotopic (exact) mass is 279 g/mol. The van der Waals surface area contributed by atoms with Gasteiger partial charge in [0.2, 0.25) is 10.0 Å². The topological polar surface area (TPSA) is 37.4 Å². The van der Waals surface area contributed by atoms with Crippen LogP contribution in [-0.4, -0.2) is 25.3 Å². The molecule has 1 aromatic carbocycles. The van der Waals surface area contributed by atoms with E-state index in [0.717, 1.165) is 18.4 Å². The van der Waals surface area contributed by atoms with E-state index in [1.165, 1.54) is 19.3 Å². The molecule has 0 N–H and O–H groups in total. The van der Waals surface area contributed by atoms with Crippen LogP contribution in [-0.2, 0) is 10.0 Å². The smallest absolute Gasteiger partial charge is 0.207 e. The van der Waals surface area contributed by atoms with E-state index in [0.29, 0.717) is 17.4 Å². The molecule has 3 rings (SSSR count). The fourth-order valence-electron chi connectivity index (χ4n) is 3.33. The Morgan fingerprint density at radius 3 is 2.47 bits per heavy atom. The van der Waals surface area contributed by atoms with Crippen LogP contribution in [0.5, 0.6) is 0 Å². The van der Waals surface area contributed by atoms with Gasteiger partial charge in [0, 0.05) is 12.6 Å². The zero-order chi connectivity index (χ0) is 13.5. The van der Waals surface area contributed by atoms with Crippen molar-refractivity contribution in [3.8, 4) is 0 Å². The number of benzene rings is 1. The van der Waals surface area contributed by atoms with Crippen LogP contribution in [0.15, 0.2) is 29.2 Å². The lowest BCUT2D eigenvalue weighted by Crippen LogP contribution is -2.42. The molecule has 0 bridgehead atoms. The van der Waals surface area contributed by atoms with Crippen molar-refractivity contribution in [1.82, 2.24) is 4.31 Å². The largest absolute Gasteiger partial charge is 0.243 e. The van der Waals surface area contributed by atoms with Crippen molar-refractivity contribution in [2.24, 2.45) is 5.92 Å². The normalized spacial score (nSPS) is 25.4. The standard InChI is InChI=1S/C15H21NO2S/c1-12-6-2-3-10-15(12)19(17,18)16-11-5-9-14(16)13-7-4-8-13/h2-3,6,10,13-14H,4-5,7-9,11H2,1H3. The van der Waals surface area contributed by atoms with Crippen LogP contribution >= 0.6 is 0 Å². The fraction of sp³-hybridized carbons (Fsp3) is 0.600. The zero-order valence-corrected chi connectivity index (χ0v) is 12.2. The highest BCUT2D eigenvalue weighted by Crippen LogP contribution is 2.39. The molecule has 1 atom stereocenters. The molecule has 1 aliphatic heterocycles. The average Bonchev–Trinajstić information content (AvgIpc) is 2.76. The minimum atomic E-state index is -3.31. The molecular weight excluding hydrogens is 258 g/mol. The molecule has 1 aromatic rings. The molecule has 1 heterocycles. The van der Waals surface area contributed by atoms with E-state index in [1.54, 1.807) is 10.4 Å². The minimum absolute atomic E-state index is 0.248. The van der Waals surface area contributed by atoms with E-state index >= 15 is 0 Å². The van der Waals surface area contributed by atoms with E-state index in [4.69, 9.17) is 0 Å². The van der Waals surface area contributed by atoms with Gasteiger partial charge >= 0.3 is 0 Å². The second-order valence-electron chi connectivity index (χ2n) is 5.78. The molecule has 0 amide bonds. The van der Waals surface area contributed by atoms with Gasteiger partial charge in [-0.3, -0.25) is 0 Å². The highest BCUT2D eigenvalue weighted by molar-refractivity contribution is 7.89. The van der Waals surface area contributed by atoms with Gasteiger partial charge in [-0.1, -0.05) is 24.6 Å². The molecule has 0 radical (unpaired) electrons. The van der Waals surface area contributed by atoms with Gasteiger partial charge in [0.1, 0.15) is 0 Å². The molecule has 104 valence electrons. The Hall–Kier alpha value is -0.870. The molecule has 1 saturated heterocycles. The molecule has 1 saturated carbocycles. The summed E-state index contributed by atoms with van der Waals surface area (Å²) < 4.78 is 27.4. The summed E-state index contributed by atoms with van der Waals surface area (Å²) in [5.41, 5.74) is 0.849. The van der Waals surface area contributed by atoms with Gasteiger partial charge in [-0.15, -0.1) is 0 Å². The van der Waals surface area contributed by atoms with Gasteiger partial charge < -0.3 is 0 Å². The van der Waals surface area contributed by atoms with E-state index in [2.05, 4.69) is 0 Å². The molecule has 19 heavy (non-hydrogen) atoms. The first-order chi connectivity index (χ1) is 9.10. The van der Waals surface area contributed by atoms with Gasteiger partial charge in [0.05, 0.1) is 4.90 Å². The Balaban J connectivity index is 1.93. The molecule has 2 aliphatic rings. The van der Waals surface area contributed by atoms with Gasteiger partial charge in [0.25, 0.3) is 0 Å². The lowest BCUT2D eigenvalue weighted by atomic mass is 9.79. The summed E-state index contributed by atoms with van der Waals surface area (Å²) in [4.78, 5) is 0.487. The van der Waals surface area contributed by atoms with Crippen LogP contribution in [0.2, 0.25) is 0 Å².